The van der Waals surface area contributed by atoms with Crippen LogP contribution >= 0.6 is 12.2 Å². The molecule has 0 radical (unpaired) electrons. The fourth-order valence-corrected chi connectivity index (χ4v) is 0.321. The Morgan fingerprint density at radius 1 is 1.15 bits per heavy atom. The van der Waals surface area contributed by atoms with Crippen molar-refractivity contribution in [2.45, 2.75) is 0 Å². The second kappa shape index (κ2) is 43.3. The summed E-state index contributed by atoms with van der Waals surface area (Å²) in [4.78, 5) is 0. The van der Waals surface area contributed by atoms with Crippen molar-refractivity contribution in [2.75, 3.05) is 0 Å². The summed E-state index contributed by atoms with van der Waals surface area (Å²) >= 11 is 3.70. The molecule has 0 saturated heterocycles. The molecule has 0 saturated carbocycles. The van der Waals surface area contributed by atoms with E-state index in [2.05, 4.69) is 25.5 Å². The summed E-state index contributed by atoms with van der Waals surface area (Å²) in [5, 5.41) is 8.47. The Morgan fingerprint density at radius 3 is 1.46 bits per heavy atom. The van der Waals surface area contributed by atoms with Crippen molar-refractivity contribution >= 4 is 17.4 Å². The standard InChI is InChI=1S/C5H5.CNS.2CO.Fe/c1-2-4-5-3-1;2-1-3;2*1-2;/h1-5H;;;;/q2*-1;;;+6. The van der Waals surface area contributed by atoms with Gasteiger partial charge in [0, 0.05) is 0 Å². The van der Waals surface area contributed by atoms with Crippen LogP contribution in [0.2, 0.25) is 0 Å². The van der Waals surface area contributed by atoms with Gasteiger partial charge in [0.15, 0.2) is 0 Å². The van der Waals surface area contributed by atoms with Crippen molar-refractivity contribution in [3.63, 3.8) is 0 Å². The molecule has 0 aliphatic rings. The molecule has 64 valence electrons. The van der Waals surface area contributed by atoms with Gasteiger partial charge in [-0.25, -0.2) is 12.1 Å². The molecule has 0 atom stereocenters. The molecule has 0 spiro atoms. The maximum Gasteiger partial charge on any atom is 6.00 e. The molecule has 1 aromatic carbocycles. The van der Waals surface area contributed by atoms with Crippen molar-refractivity contribution < 1.29 is 26.4 Å². The van der Waals surface area contributed by atoms with Gasteiger partial charge in [-0.3, -0.25) is 0 Å². The van der Waals surface area contributed by atoms with Gasteiger partial charge < -0.3 is 5.41 Å². The largest absolute Gasteiger partial charge is 6.00 e. The average molecular weight is 235 g/mol. The fraction of sp³-hybridized carbons (Fsp3) is 0. The topological polar surface area (TPSA) is 62.1 Å². The fourth-order valence-electron chi connectivity index (χ4n) is 0.321. The van der Waals surface area contributed by atoms with Gasteiger partial charge in [0.25, 0.3) is 0 Å². The number of nitrogens with zero attached hydrogens (tertiary/aromatic N) is 1. The zero-order chi connectivity index (χ0) is 10.2. The van der Waals surface area contributed by atoms with Crippen LogP contribution in [0.25, 0.3) is 5.41 Å². The van der Waals surface area contributed by atoms with E-state index in [-0.39, 0.29) is 17.1 Å². The third-order valence-corrected chi connectivity index (χ3v) is 0.556. The van der Waals surface area contributed by atoms with Gasteiger partial charge >= 0.3 is 39.7 Å². The van der Waals surface area contributed by atoms with Crippen LogP contribution in [0.5, 0.6) is 0 Å². The Labute approximate surface area is 92.9 Å². The molecule has 0 aromatic heterocycles. The van der Waals surface area contributed by atoms with E-state index in [0.717, 1.165) is 0 Å². The molecule has 13 heavy (non-hydrogen) atoms. The zero-order valence-electron chi connectivity index (χ0n) is 6.41. The molecule has 0 aliphatic carbocycles. The van der Waals surface area contributed by atoms with E-state index in [9.17, 15) is 0 Å². The summed E-state index contributed by atoms with van der Waals surface area (Å²) in [5.41, 5.74) is 0. The van der Waals surface area contributed by atoms with E-state index in [1.165, 1.54) is 5.16 Å². The number of hydrogen-bond acceptors (Lipinski definition) is 1. The van der Waals surface area contributed by atoms with Crippen LogP contribution in [0.15, 0.2) is 30.3 Å². The summed E-state index contributed by atoms with van der Waals surface area (Å²) in [6.07, 6.45) is 0. The summed E-state index contributed by atoms with van der Waals surface area (Å²) < 4.78 is 15.0. The second-order valence-electron chi connectivity index (χ2n) is 1.05. The molecule has 0 N–H and O–H groups in total. The Bertz CT molecular complexity index is 189. The van der Waals surface area contributed by atoms with Gasteiger partial charge in [-0.2, -0.15) is 23.4 Å². The van der Waals surface area contributed by atoms with E-state index < -0.39 is 0 Å². The van der Waals surface area contributed by atoms with E-state index in [1.54, 1.807) is 0 Å². The van der Waals surface area contributed by atoms with Crippen molar-refractivity contribution in [2.24, 2.45) is 0 Å². The first kappa shape index (κ1) is 22.7. The monoisotopic (exact) mass is 235 g/mol. The molecular formula is C8H5FeNO2S+4. The van der Waals surface area contributed by atoms with Crippen LogP contribution in [-0.2, 0) is 26.4 Å². The first-order valence-electron chi connectivity index (χ1n) is 2.50. The maximum absolute atomic E-state index is 7.50. The Morgan fingerprint density at radius 2 is 1.38 bits per heavy atom. The number of isothiocyanates is 1. The van der Waals surface area contributed by atoms with Crippen molar-refractivity contribution in [3.8, 4) is 0 Å². The van der Waals surface area contributed by atoms with Crippen molar-refractivity contribution in [3.05, 3.63) is 49.0 Å². The minimum atomic E-state index is 0. The number of thiocarbonyl (C=S) groups is 1. The summed E-state index contributed by atoms with van der Waals surface area (Å²) in [6.45, 7) is 9.00. The maximum atomic E-state index is 7.50. The number of rotatable bonds is 0. The normalized spacial score (nSPS) is 4.00. The van der Waals surface area contributed by atoms with Crippen molar-refractivity contribution in [1.29, 1.82) is 0 Å². The molecule has 0 heterocycles. The van der Waals surface area contributed by atoms with E-state index >= 15 is 0 Å². The summed E-state index contributed by atoms with van der Waals surface area (Å²) in [7, 11) is 0. The molecule has 0 amide bonds. The van der Waals surface area contributed by atoms with Crippen LogP contribution in [0, 0.1) is 13.3 Å². The van der Waals surface area contributed by atoms with Crippen LogP contribution < -0.4 is 0 Å². The predicted octanol–water partition coefficient (Wildman–Crippen LogP) is 1.99. The van der Waals surface area contributed by atoms with E-state index in [1.807, 2.05) is 30.3 Å². The van der Waals surface area contributed by atoms with Gasteiger partial charge in [0.1, 0.15) is 0 Å². The summed E-state index contributed by atoms with van der Waals surface area (Å²) in [6, 6.07) is 10.0. The third-order valence-electron chi connectivity index (χ3n) is 0.556. The van der Waals surface area contributed by atoms with Crippen LogP contribution in [0.3, 0.4) is 0 Å². The Hall–Kier alpha value is -0.851. The molecule has 3 nitrogen and oxygen atoms in total. The Balaban J connectivity index is -0.0000000453. The van der Waals surface area contributed by atoms with Gasteiger partial charge in [0.2, 0.25) is 0 Å². The smallest absolute Gasteiger partial charge is 0.753 e. The minimum absolute atomic E-state index is 0. The molecule has 0 unspecified atom stereocenters. The van der Waals surface area contributed by atoms with Crippen molar-refractivity contribution in [1.82, 2.24) is 0 Å². The Kier molecular flexibility index (Phi) is 75.8. The first-order chi connectivity index (χ1) is 5.91. The van der Waals surface area contributed by atoms with Gasteiger partial charge in [-0.1, -0.05) is 12.2 Å². The van der Waals surface area contributed by atoms with E-state index in [4.69, 9.17) is 14.7 Å². The van der Waals surface area contributed by atoms with Gasteiger partial charge in [-0.15, -0.1) is 0 Å². The molecule has 1 rings (SSSR count). The van der Waals surface area contributed by atoms with Gasteiger partial charge in [-0.05, 0) is 0 Å². The molecule has 0 aliphatic heterocycles. The quantitative estimate of drug-likeness (QED) is 0.223. The average Bonchev–Trinajstić information content (AvgIpc) is 2.69. The van der Waals surface area contributed by atoms with E-state index in [0.29, 0.717) is 0 Å². The van der Waals surface area contributed by atoms with Crippen LogP contribution in [-0.4, -0.2) is 5.16 Å². The second-order valence-corrected chi connectivity index (χ2v) is 1.24. The third kappa shape index (κ3) is 54.2. The number of hydrogen-bond donors (Lipinski definition) is 0. The molecule has 5 heteroatoms. The SMILES string of the molecule is [C-]#[O+].[C-]#[O+].[Fe+6].[N-]=C=S.c1cc[cH-]c1. The molecular weight excluding hydrogens is 230 g/mol. The molecule has 0 bridgehead atoms. The molecule has 1 aromatic rings. The minimum Gasteiger partial charge on any atom is -0.753 e. The van der Waals surface area contributed by atoms with Crippen LogP contribution in [0.1, 0.15) is 0 Å². The summed E-state index contributed by atoms with van der Waals surface area (Å²) in [5.74, 6) is 0. The van der Waals surface area contributed by atoms with Crippen LogP contribution in [0.4, 0.5) is 0 Å². The predicted molar refractivity (Wildman–Crippen MR) is 45.9 cm³/mol. The first-order valence-corrected chi connectivity index (χ1v) is 2.91. The zero-order valence-corrected chi connectivity index (χ0v) is 8.33. The molecule has 0 fully saturated rings. The van der Waals surface area contributed by atoms with Gasteiger partial charge in [0.05, 0.1) is 0 Å².